The number of hydrogen-bond donors (Lipinski definition) is 1. The van der Waals surface area contributed by atoms with Crippen LogP contribution in [0.2, 0.25) is 0 Å². The van der Waals surface area contributed by atoms with E-state index < -0.39 is 5.60 Å². The second-order valence-corrected chi connectivity index (χ2v) is 11.3. The number of aromatic nitrogens is 4. The molecule has 2 aliphatic heterocycles. The number of rotatable bonds is 4. The Morgan fingerprint density at radius 3 is 2.55 bits per heavy atom. The molecular weight excluding hydrogens is 478 g/mol. The van der Waals surface area contributed by atoms with E-state index in [-0.39, 0.29) is 11.7 Å². The van der Waals surface area contributed by atoms with Gasteiger partial charge in [-0.1, -0.05) is 6.07 Å². The normalized spacial score (nSPS) is 23.1. The van der Waals surface area contributed by atoms with Gasteiger partial charge in [-0.05, 0) is 70.6 Å². The van der Waals surface area contributed by atoms with Crippen LogP contribution in [0.1, 0.15) is 32.3 Å². The number of anilines is 1. The van der Waals surface area contributed by atoms with Crippen molar-refractivity contribution in [2.24, 2.45) is 7.05 Å². The lowest BCUT2D eigenvalue weighted by atomic mass is 9.93. The Kier molecular flexibility index (Phi) is 6.25. The van der Waals surface area contributed by atoms with Crippen molar-refractivity contribution in [1.82, 2.24) is 29.4 Å². The molecule has 2 aliphatic rings. The molecule has 9 nitrogen and oxygen atoms in total. The van der Waals surface area contributed by atoms with Crippen LogP contribution in [-0.4, -0.2) is 76.5 Å². The van der Waals surface area contributed by atoms with Crippen LogP contribution >= 0.6 is 0 Å². The van der Waals surface area contributed by atoms with E-state index in [1.807, 2.05) is 30.6 Å². The maximum absolute atomic E-state index is 13.5. The largest absolute Gasteiger partial charge is 0.365 e. The van der Waals surface area contributed by atoms with Gasteiger partial charge >= 0.3 is 0 Å². The summed E-state index contributed by atoms with van der Waals surface area (Å²) in [5.41, 5.74) is 3.63. The summed E-state index contributed by atoms with van der Waals surface area (Å²) in [5.74, 6) is 1.02. The van der Waals surface area contributed by atoms with Crippen molar-refractivity contribution in [3.63, 3.8) is 0 Å². The minimum Gasteiger partial charge on any atom is -0.365 e. The SMILES string of the molecule is C[C@@H]1CNC[C@](C)(c2c(=O)n(C)n3cnc4ccc(-c5ccc(N6CCC(N(C)C)CC6)nc5)cc4c23)O1. The zero-order chi connectivity index (χ0) is 26.6. The first kappa shape index (κ1) is 25.0. The van der Waals surface area contributed by atoms with Crippen LogP contribution in [0.4, 0.5) is 5.82 Å². The Labute approximate surface area is 223 Å². The summed E-state index contributed by atoms with van der Waals surface area (Å²) in [4.78, 5) is 27.7. The Hall–Kier alpha value is -3.27. The molecule has 9 heteroatoms. The van der Waals surface area contributed by atoms with E-state index in [1.165, 1.54) is 0 Å². The predicted octanol–water partition coefficient (Wildman–Crippen LogP) is 3.00. The molecule has 0 unspecified atom stereocenters. The lowest BCUT2D eigenvalue weighted by Gasteiger charge is -2.37. The third-order valence-corrected chi connectivity index (χ3v) is 8.34. The minimum atomic E-state index is -0.741. The summed E-state index contributed by atoms with van der Waals surface area (Å²) in [6.45, 7) is 7.43. The van der Waals surface area contributed by atoms with Gasteiger partial charge in [0.25, 0.3) is 5.56 Å². The van der Waals surface area contributed by atoms with Crippen molar-refractivity contribution in [2.45, 2.75) is 44.4 Å². The molecule has 2 fully saturated rings. The number of fused-ring (bicyclic) bond motifs is 3. The van der Waals surface area contributed by atoms with Gasteiger partial charge in [0.1, 0.15) is 17.7 Å². The summed E-state index contributed by atoms with van der Waals surface area (Å²) < 4.78 is 9.85. The molecule has 1 aromatic carbocycles. The van der Waals surface area contributed by atoms with Gasteiger partial charge in [0, 0.05) is 56.4 Å². The molecule has 3 aromatic heterocycles. The average molecular weight is 516 g/mol. The second-order valence-electron chi connectivity index (χ2n) is 11.3. The Morgan fingerprint density at radius 2 is 1.87 bits per heavy atom. The van der Waals surface area contributed by atoms with Crippen molar-refractivity contribution >= 4 is 22.2 Å². The monoisotopic (exact) mass is 515 g/mol. The highest BCUT2D eigenvalue weighted by Crippen LogP contribution is 2.34. The van der Waals surface area contributed by atoms with Crippen LogP contribution in [0.5, 0.6) is 0 Å². The molecule has 6 rings (SSSR count). The van der Waals surface area contributed by atoms with Gasteiger partial charge in [-0.2, -0.15) is 0 Å². The van der Waals surface area contributed by atoms with E-state index in [0.29, 0.717) is 18.2 Å². The smallest absolute Gasteiger partial charge is 0.273 e. The average Bonchev–Trinajstić information content (AvgIpc) is 3.19. The first-order chi connectivity index (χ1) is 18.2. The quantitative estimate of drug-likeness (QED) is 0.448. The number of nitrogens with one attached hydrogen (secondary N) is 1. The molecule has 4 aromatic rings. The van der Waals surface area contributed by atoms with E-state index in [4.69, 9.17) is 9.72 Å². The Balaban J connectivity index is 1.39. The van der Waals surface area contributed by atoms with E-state index >= 15 is 0 Å². The molecule has 38 heavy (non-hydrogen) atoms. The number of nitrogens with zero attached hydrogens (tertiary/aromatic N) is 6. The van der Waals surface area contributed by atoms with Gasteiger partial charge < -0.3 is 19.9 Å². The lowest BCUT2D eigenvalue weighted by Crippen LogP contribution is -2.51. The molecular formula is C29H37N7O2. The molecule has 0 amide bonds. The third kappa shape index (κ3) is 4.19. The van der Waals surface area contributed by atoms with Crippen LogP contribution in [0, 0.1) is 0 Å². The van der Waals surface area contributed by atoms with Gasteiger partial charge in [-0.3, -0.25) is 4.79 Å². The van der Waals surface area contributed by atoms with E-state index in [0.717, 1.165) is 65.8 Å². The number of benzene rings is 1. The molecule has 0 aliphatic carbocycles. The summed E-state index contributed by atoms with van der Waals surface area (Å²) in [7, 11) is 6.10. The van der Waals surface area contributed by atoms with Gasteiger partial charge in [-0.25, -0.2) is 19.2 Å². The molecule has 1 N–H and O–H groups in total. The summed E-state index contributed by atoms with van der Waals surface area (Å²) in [6, 6.07) is 11.1. The molecule has 200 valence electrons. The van der Waals surface area contributed by atoms with Crippen LogP contribution in [0.15, 0.2) is 47.7 Å². The highest BCUT2D eigenvalue weighted by Gasteiger charge is 2.39. The van der Waals surface area contributed by atoms with Crippen molar-refractivity contribution in [3.8, 4) is 11.1 Å². The molecule has 0 radical (unpaired) electrons. The molecule has 2 saturated heterocycles. The number of piperidine rings is 1. The summed E-state index contributed by atoms with van der Waals surface area (Å²) >= 11 is 0. The molecule has 5 heterocycles. The first-order valence-electron chi connectivity index (χ1n) is 13.5. The molecule has 0 spiro atoms. The fraction of sp³-hybridized carbons (Fsp3) is 0.483. The van der Waals surface area contributed by atoms with E-state index in [1.54, 1.807) is 18.1 Å². The maximum Gasteiger partial charge on any atom is 0.273 e. The summed E-state index contributed by atoms with van der Waals surface area (Å²) in [6.07, 6.45) is 5.99. The second kappa shape index (κ2) is 9.48. The van der Waals surface area contributed by atoms with Crippen LogP contribution in [0.3, 0.4) is 0 Å². The van der Waals surface area contributed by atoms with Crippen molar-refractivity contribution in [2.75, 3.05) is 45.2 Å². The zero-order valence-electron chi connectivity index (χ0n) is 22.9. The highest BCUT2D eigenvalue weighted by atomic mass is 16.5. The number of ether oxygens (including phenoxy) is 1. The molecule has 0 saturated carbocycles. The summed E-state index contributed by atoms with van der Waals surface area (Å²) in [5, 5.41) is 4.36. The van der Waals surface area contributed by atoms with Crippen molar-refractivity contribution in [1.29, 1.82) is 0 Å². The van der Waals surface area contributed by atoms with Gasteiger partial charge in [0.15, 0.2) is 0 Å². The number of hydrogen-bond acceptors (Lipinski definition) is 7. The molecule has 2 atom stereocenters. The number of pyridine rings is 1. The number of aryl methyl sites for hydroxylation is 1. The predicted molar refractivity (Wildman–Crippen MR) is 151 cm³/mol. The van der Waals surface area contributed by atoms with Crippen LogP contribution in [-0.2, 0) is 17.4 Å². The minimum absolute atomic E-state index is 0.00956. The first-order valence-corrected chi connectivity index (χ1v) is 13.5. The number of morpholine rings is 1. The zero-order valence-corrected chi connectivity index (χ0v) is 22.9. The third-order valence-electron chi connectivity index (χ3n) is 8.34. The van der Waals surface area contributed by atoms with Gasteiger partial charge in [0.05, 0.1) is 22.7 Å². The van der Waals surface area contributed by atoms with E-state index in [2.05, 4.69) is 58.5 Å². The van der Waals surface area contributed by atoms with E-state index in [9.17, 15) is 4.79 Å². The maximum atomic E-state index is 13.5. The van der Waals surface area contributed by atoms with Crippen molar-refractivity contribution < 1.29 is 4.74 Å². The Morgan fingerprint density at radius 1 is 1.11 bits per heavy atom. The fourth-order valence-corrected chi connectivity index (χ4v) is 6.17. The Bertz CT molecular complexity index is 1530. The fourth-order valence-electron chi connectivity index (χ4n) is 6.17. The topological polar surface area (TPSA) is 79.9 Å². The standard InChI is InChI=1S/C29H37N7O2/c1-19-15-30-17-29(2,38-19)26-27-23-14-20(6-8-24(23)32-18-36(27)34(5)28(26)37)21-7-9-25(31-16-21)35-12-10-22(11-13-35)33(3)4/h6-9,14,16,18-19,22,30H,10-13,15,17H2,1-5H3/t19-,29-/m1/s1. The lowest BCUT2D eigenvalue weighted by molar-refractivity contribution is -0.102. The van der Waals surface area contributed by atoms with Gasteiger partial charge in [-0.15, -0.1) is 0 Å². The van der Waals surface area contributed by atoms with Crippen LogP contribution < -0.4 is 15.8 Å². The van der Waals surface area contributed by atoms with Crippen molar-refractivity contribution in [3.05, 3.63) is 58.8 Å². The van der Waals surface area contributed by atoms with Crippen LogP contribution in [0.25, 0.3) is 27.5 Å². The highest BCUT2D eigenvalue weighted by molar-refractivity contribution is 5.98. The van der Waals surface area contributed by atoms with Gasteiger partial charge in [0.2, 0.25) is 0 Å². The molecule has 0 bridgehead atoms.